The Labute approximate surface area is 103 Å². The Morgan fingerprint density at radius 1 is 1.06 bits per heavy atom. The molecule has 1 saturated carbocycles. The van der Waals surface area contributed by atoms with E-state index in [-0.39, 0.29) is 0 Å². The average Bonchev–Trinajstić information content (AvgIpc) is 2.82. The van der Waals surface area contributed by atoms with Gasteiger partial charge in [0.2, 0.25) is 0 Å². The first kappa shape index (κ1) is 14.4. The minimum Gasteiger partial charge on any atom is -0.456 e. The number of rotatable bonds is 8. The molecule has 0 spiro atoms. The zero-order chi connectivity index (χ0) is 12.2. The van der Waals surface area contributed by atoms with Crippen molar-refractivity contribution < 1.29 is 8.85 Å². The van der Waals surface area contributed by atoms with Crippen LogP contribution < -0.4 is 0 Å². The summed E-state index contributed by atoms with van der Waals surface area (Å²) < 4.78 is 11.9. The van der Waals surface area contributed by atoms with Gasteiger partial charge in [-0.15, -0.1) is 0 Å². The van der Waals surface area contributed by atoms with Crippen molar-refractivity contribution in [2.45, 2.75) is 58.0 Å². The van der Waals surface area contributed by atoms with E-state index < -0.39 is 16.6 Å². The summed E-state index contributed by atoms with van der Waals surface area (Å²) in [6.45, 7) is 13.5. The first-order valence-electron chi connectivity index (χ1n) is 6.56. The highest BCUT2D eigenvalue weighted by atomic mass is 28.4. The Bertz CT molecular complexity index is 208. The first-order valence-corrected chi connectivity index (χ1v) is 13.1. The van der Waals surface area contributed by atoms with Crippen LogP contribution in [0.5, 0.6) is 0 Å². The second kappa shape index (κ2) is 5.80. The van der Waals surface area contributed by atoms with E-state index in [1.54, 1.807) is 0 Å². The van der Waals surface area contributed by atoms with E-state index in [2.05, 4.69) is 32.7 Å². The second-order valence-corrected chi connectivity index (χ2v) is 15.7. The molecule has 0 aliphatic heterocycles. The monoisotopic (exact) mass is 260 g/mol. The summed E-state index contributed by atoms with van der Waals surface area (Å²) in [6, 6.07) is 1.24. The minimum atomic E-state index is -1.42. The molecule has 0 heterocycles. The molecule has 0 amide bonds. The van der Waals surface area contributed by atoms with Crippen molar-refractivity contribution >= 4 is 16.6 Å². The Morgan fingerprint density at radius 3 is 2.19 bits per heavy atom. The maximum atomic E-state index is 6.29. The standard InChI is InChI=1S/C12H28O2Si2/c1-15(2,3)14-16(4,5)10-6-9-13-11-12-7-8-12/h12H,6-11H2,1-5H3. The molecule has 0 aromatic rings. The molecule has 1 fully saturated rings. The minimum absolute atomic E-state index is 0.892. The molecule has 16 heavy (non-hydrogen) atoms. The molecule has 1 rings (SSSR count). The van der Waals surface area contributed by atoms with Gasteiger partial charge in [-0.25, -0.2) is 0 Å². The fraction of sp³-hybridized carbons (Fsp3) is 1.00. The summed E-state index contributed by atoms with van der Waals surface area (Å²) in [4.78, 5) is 0. The number of hydrogen-bond donors (Lipinski definition) is 0. The van der Waals surface area contributed by atoms with Gasteiger partial charge in [-0.2, -0.15) is 0 Å². The Hall–Kier alpha value is 0.354. The Balaban J connectivity index is 2.04. The highest BCUT2D eigenvalue weighted by molar-refractivity contribution is 6.84. The summed E-state index contributed by atoms with van der Waals surface area (Å²) in [5.41, 5.74) is 0. The quantitative estimate of drug-likeness (QED) is 0.487. The van der Waals surface area contributed by atoms with Crippen LogP contribution in [0.1, 0.15) is 19.3 Å². The van der Waals surface area contributed by atoms with Crippen LogP contribution in [0, 0.1) is 5.92 Å². The molecule has 0 bridgehead atoms. The zero-order valence-corrected chi connectivity index (χ0v) is 13.6. The van der Waals surface area contributed by atoms with Crippen molar-refractivity contribution in [1.82, 2.24) is 0 Å². The lowest BCUT2D eigenvalue weighted by Gasteiger charge is -2.31. The third-order valence-corrected chi connectivity index (χ3v) is 8.92. The summed E-state index contributed by atoms with van der Waals surface area (Å²) in [5.74, 6) is 0.892. The van der Waals surface area contributed by atoms with Crippen molar-refractivity contribution in [3.63, 3.8) is 0 Å². The lowest BCUT2D eigenvalue weighted by molar-refractivity contribution is 0.124. The fourth-order valence-electron chi connectivity index (χ4n) is 2.01. The van der Waals surface area contributed by atoms with Crippen molar-refractivity contribution in [2.24, 2.45) is 5.92 Å². The third-order valence-electron chi connectivity index (χ3n) is 2.70. The smallest absolute Gasteiger partial charge is 0.173 e. The van der Waals surface area contributed by atoms with E-state index in [4.69, 9.17) is 8.85 Å². The molecule has 0 aromatic heterocycles. The van der Waals surface area contributed by atoms with Gasteiger partial charge in [0.25, 0.3) is 0 Å². The maximum Gasteiger partial charge on any atom is 0.173 e. The molecule has 2 nitrogen and oxygen atoms in total. The van der Waals surface area contributed by atoms with Gasteiger partial charge < -0.3 is 8.85 Å². The van der Waals surface area contributed by atoms with E-state index in [1.807, 2.05) is 0 Å². The van der Waals surface area contributed by atoms with E-state index in [0.717, 1.165) is 19.1 Å². The van der Waals surface area contributed by atoms with Crippen molar-refractivity contribution in [2.75, 3.05) is 13.2 Å². The van der Waals surface area contributed by atoms with Crippen molar-refractivity contribution in [3.05, 3.63) is 0 Å². The molecule has 0 N–H and O–H groups in total. The molecule has 4 heteroatoms. The van der Waals surface area contributed by atoms with Crippen molar-refractivity contribution in [3.8, 4) is 0 Å². The molecule has 0 unspecified atom stereocenters. The topological polar surface area (TPSA) is 18.5 Å². The molecular formula is C12H28O2Si2. The molecule has 0 aromatic carbocycles. The van der Waals surface area contributed by atoms with Gasteiger partial charge >= 0.3 is 0 Å². The molecule has 0 radical (unpaired) electrons. The van der Waals surface area contributed by atoms with E-state index >= 15 is 0 Å². The van der Waals surface area contributed by atoms with Gasteiger partial charge in [0.05, 0.1) is 0 Å². The first-order chi connectivity index (χ1) is 7.29. The molecule has 1 aliphatic carbocycles. The van der Waals surface area contributed by atoms with Crippen LogP contribution in [0.4, 0.5) is 0 Å². The predicted molar refractivity (Wildman–Crippen MR) is 74.9 cm³/mol. The van der Waals surface area contributed by atoms with Crippen LogP contribution >= 0.6 is 0 Å². The van der Waals surface area contributed by atoms with Crippen LogP contribution in [0.15, 0.2) is 0 Å². The SMILES string of the molecule is C[Si](C)(C)O[Si](C)(C)CCCOCC1CC1. The van der Waals surface area contributed by atoms with E-state index in [9.17, 15) is 0 Å². The largest absolute Gasteiger partial charge is 0.456 e. The second-order valence-electron chi connectivity index (χ2n) is 6.60. The van der Waals surface area contributed by atoms with Crippen molar-refractivity contribution in [1.29, 1.82) is 0 Å². The summed E-state index contributed by atoms with van der Waals surface area (Å²) in [5, 5.41) is 0. The lowest BCUT2D eigenvalue weighted by Crippen LogP contribution is -2.42. The van der Waals surface area contributed by atoms with Crippen LogP contribution in [0.3, 0.4) is 0 Å². The highest BCUT2D eigenvalue weighted by Crippen LogP contribution is 2.29. The number of ether oxygens (including phenoxy) is 1. The van der Waals surface area contributed by atoms with E-state index in [0.29, 0.717) is 0 Å². The van der Waals surface area contributed by atoms with Crippen LogP contribution in [0.2, 0.25) is 38.8 Å². The molecule has 1 aliphatic rings. The summed E-state index contributed by atoms with van der Waals surface area (Å²) >= 11 is 0. The molecule has 0 saturated heterocycles. The molecule has 0 atom stereocenters. The van der Waals surface area contributed by atoms with Gasteiger partial charge in [0.1, 0.15) is 0 Å². The Morgan fingerprint density at radius 2 is 1.69 bits per heavy atom. The van der Waals surface area contributed by atoms with Gasteiger partial charge in [-0.1, -0.05) is 0 Å². The summed E-state index contributed by atoms with van der Waals surface area (Å²) in [7, 11) is -2.77. The predicted octanol–water partition coefficient (Wildman–Crippen LogP) is 3.86. The fourth-order valence-corrected chi connectivity index (χ4v) is 10.0. The zero-order valence-electron chi connectivity index (χ0n) is 11.6. The summed E-state index contributed by atoms with van der Waals surface area (Å²) in [6.07, 6.45) is 3.95. The average molecular weight is 261 g/mol. The highest BCUT2D eigenvalue weighted by Gasteiger charge is 2.29. The molecule has 96 valence electrons. The lowest BCUT2D eigenvalue weighted by atomic mass is 10.4. The van der Waals surface area contributed by atoms with E-state index in [1.165, 1.54) is 25.3 Å². The van der Waals surface area contributed by atoms with Crippen LogP contribution in [-0.4, -0.2) is 29.8 Å². The van der Waals surface area contributed by atoms with Gasteiger partial charge in [0.15, 0.2) is 16.6 Å². The van der Waals surface area contributed by atoms with Gasteiger partial charge in [-0.05, 0) is 64.0 Å². The van der Waals surface area contributed by atoms with Crippen LogP contribution in [-0.2, 0) is 8.85 Å². The third kappa shape index (κ3) is 7.60. The van der Waals surface area contributed by atoms with Gasteiger partial charge in [0, 0.05) is 13.2 Å². The maximum absolute atomic E-state index is 6.29. The normalized spacial score (nSPS) is 17.8. The number of hydrogen-bond acceptors (Lipinski definition) is 2. The Kier molecular flexibility index (Phi) is 5.23. The molecular weight excluding hydrogens is 232 g/mol. The van der Waals surface area contributed by atoms with Crippen LogP contribution in [0.25, 0.3) is 0 Å². The van der Waals surface area contributed by atoms with Gasteiger partial charge in [-0.3, -0.25) is 0 Å².